The second-order valence-electron chi connectivity index (χ2n) is 8.51. The van der Waals surface area contributed by atoms with Crippen molar-refractivity contribution in [2.45, 2.75) is 81.7 Å². The van der Waals surface area contributed by atoms with E-state index in [9.17, 15) is 4.79 Å². The highest BCUT2D eigenvalue weighted by Gasteiger charge is 2.44. The largest absolute Gasteiger partial charge is 0.448 e. The van der Waals surface area contributed by atoms with Crippen LogP contribution in [0.3, 0.4) is 0 Å². The summed E-state index contributed by atoms with van der Waals surface area (Å²) in [7, 11) is 0. The zero-order valence-corrected chi connectivity index (χ0v) is 18.2. The van der Waals surface area contributed by atoms with Gasteiger partial charge in [0, 0.05) is 30.6 Å². The number of carbonyl (C=O) groups is 1. The molecule has 1 spiro atoms. The molecule has 0 radical (unpaired) electrons. The molecule has 1 aromatic heterocycles. The first kappa shape index (κ1) is 19.7. The molecule has 0 atom stereocenters. The summed E-state index contributed by atoms with van der Waals surface area (Å²) in [6.45, 7) is 2.00. The summed E-state index contributed by atoms with van der Waals surface area (Å²) in [6, 6.07) is 6.07. The van der Waals surface area contributed by atoms with E-state index in [1.165, 1.54) is 31.0 Å². The van der Waals surface area contributed by atoms with E-state index in [0.29, 0.717) is 11.8 Å². The van der Waals surface area contributed by atoms with Gasteiger partial charge in [0.05, 0.1) is 5.75 Å². The average Bonchev–Trinajstić information content (AvgIpc) is 3.45. The maximum absolute atomic E-state index is 12.6. The highest BCUT2D eigenvalue weighted by atomic mass is 32.2. The van der Waals surface area contributed by atoms with Gasteiger partial charge in [0.25, 0.3) is 5.79 Å². The monoisotopic (exact) mass is 428 g/mol. The van der Waals surface area contributed by atoms with Crippen molar-refractivity contribution in [3.8, 4) is 11.5 Å². The number of nitrogens with one attached hydrogen (secondary N) is 1. The fraction of sp³-hybridized carbons (Fsp3) is 0.591. The molecule has 1 aliphatic heterocycles. The third kappa shape index (κ3) is 3.89. The molecule has 7 nitrogen and oxygen atoms in total. The van der Waals surface area contributed by atoms with Gasteiger partial charge in [0.15, 0.2) is 16.7 Å². The van der Waals surface area contributed by atoms with Gasteiger partial charge in [-0.25, -0.2) is 0 Å². The van der Waals surface area contributed by atoms with Crippen molar-refractivity contribution >= 4 is 23.4 Å². The smallest absolute Gasteiger partial charge is 0.251 e. The summed E-state index contributed by atoms with van der Waals surface area (Å²) >= 11 is 1.45. The molecule has 5 rings (SSSR count). The van der Waals surface area contributed by atoms with Gasteiger partial charge in [-0.05, 0) is 44.7 Å². The van der Waals surface area contributed by atoms with Crippen LogP contribution in [0.1, 0.15) is 69.7 Å². The molecule has 2 saturated carbocycles. The van der Waals surface area contributed by atoms with E-state index in [1.807, 2.05) is 25.1 Å². The number of aryl methyl sites for hydroxylation is 1. The molecule has 1 amide bonds. The fourth-order valence-corrected chi connectivity index (χ4v) is 5.68. The van der Waals surface area contributed by atoms with Crippen LogP contribution < -0.4 is 14.8 Å². The van der Waals surface area contributed by atoms with E-state index in [-0.39, 0.29) is 5.91 Å². The van der Waals surface area contributed by atoms with Crippen molar-refractivity contribution in [2.75, 3.05) is 11.1 Å². The van der Waals surface area contributed by atoms with Crippen LogP contribution in [-0.2, 0) is 4.79 Å². The van der Waals surface area contributed by atoms with Crippen LogP contribution in [0.4, 0.5) is 5.69 Å². The Labute approximate surface area is 180 Å². The van der Waals surface area contributed by atoms with E-state index in [0.717, 1.165) is 66.7 Å². The minimum atomic E-state index is -0.484. The summed E-state index contributed by atoms with van der Waals surface area (Å²) in [5, 5.41) is 12.4. The van der Waals surface area contributed by atoms with Crippen molar-refractivity contribution in [2.24, 2.45) is 0 Å². The molecule has 0 unspecified atom stereocenters. The molecule has 0 saturated heterocycles. The lowest BCUT2D eigenvalue weighted by atomic mass is 9.95. The number of nitrogens with zero attached hydrogens (tertiary/aromatic N) is 3. The van der Waals surface area contributed by atoms with Gasteiger partial charge in [-0.2, -0.15) is 0 Å². The lowest BCUT2D eigenvalue weighted by molar-refractivity contribution is -0.113. The van der Waals surface area contributed by atoms with Crippen molar-refractivity contribution in [3.05, 3.63) is 24.0 Å². The Morgan fingerprint density at radius 2 is 1.90 bits per heavy atom. The van der Waals surface area contributed by atoms with Gasteiger partial charge in [-0.1, -0.05) is 31.0 Å². The average molecular weight is 429 g/mol. The molecule has 2 aliphatic carbocycles. The van der Waals surface area contributed by atoms with E-state index in [1.54, 1.807) is 0 Å². The first-order valence-electron chi connectivity index (χ1n) is 11.0. The van der Waals surface area contributed by atoms with Gasteiger partial charge in [-0.15, -0.1) is 10.2 Å². The van der Waals surface area contributed by atoms with E-state index in [4.69, 9.17) is 9.47 Å². The maximum Gasteiger partial charge on any atom is 0.251 e. The molecular weight excluding hydrogens is 400 g/mol. The van der Waals surface area contributed by atoms with Crippen LogP contribution in [0.25, 0.3) is 0 Å². The standard InChI is InChI=1S/C22H28N4O3S/c1-15-24-25-21(26(15)17-7-3-2-4-8-17)30-14-20(27)23-16-9-10-18-19(13-16)29-22(28-18)11-5-6-12-22/h9-10,13,17H,2-8,11-12,14H2,1H3,(H,23,27). The molecule has 30 heavy (non-hydrogen) atoms. The molecule has 1 N–H and O–H groups in total. The van der Waals surface area contributed by atoms with Crippen molar-refractivity contribution in [1.82, 2.24) is 14.8 Å². The number of rotatable bonds is 5. The highest BCUT2D eigenvalue weighted by Crippen LogP contribution is 2.47. The summed E-state index contributed by atoms with van der Waals surface area (Å²) in [6.07, 6.45) is 10.2. The van der Waals surface area contributed by atoms with Gasteiger partial charge in [-0.3, -0.25) is 4.79 Å². The Hall–Kier alpha value is -2.22. The van der Waals surface area contributed by atoms with Crippen molar-refractivity contribution in [1.29, 1.82) is 0 Å². The van der Waals surface area contributed by atoms with Crippen LogP contribution in [0.2, 0.25) is 0 Å². The molecule has 8 heteroatoms. The summed E-state index contributed by atoms with van der Waals surface area (Å²) in [5.74, 6) is 2.16. The zero-order chi connectivity index (χ0) is 20.6. The minimum absolute atomic E-state index is 0.0645. The van der Waals surface area contributed by atoms with Gasteiger partial charge >= 0.3 is 0 Å². The predicted molar refractivity (Wildman–Crippen MR) is 115 cm³/mol. The Balaban J connectivity index is 1.20. The number of fused-ring (bicyclic) bond motifs is 1. The number of carbonyl (C=O) groups excluding carboxylic acids is 1. The van der Waals surface area contributed by atoms with Crippen LogP contribution in [0.5, 0.6) is 11.5 Å². The molecule has 3 aliphatic rings. The normalized spacial score (nSPS) is 20.0. The quantitative estimate of drug-likeness (QED) is 0.685. The zero-order valence-electron chi connectivity index (χ0n) is 17.4. The molecule has 1 aromatic carbocycles. The lowest BCUT2D eigenvalue weighted by Gasteiger charge is -2.24. The van der Waals surface area contributed by atoms with E-state index >= 15 is 0 Å². The SMILES string of the molecule is Cc1nnc(SCC(=O)Nc2ccc3c(c2)OC2(CCCC2)O3)n1C1CCCCC1. The number of amides is 1. The van der Waals surface area contributed by atoms with Gasteiger partial charge in [0.2, 0.25) is 5.91 Å². The topological polar surface area (TPSA) is 78.3 Å². The Morgan fingerprint density at radius 3 is 2.70 bits per heavy atom. The Bertz CT molecular complexity index is 932. The number of hydrogen-bond acceptors (Lipinski definition) is 6. The Morgan fingerprint density at radius 1 is 1.13 bits per heavy atom. The number of aromatic nitrogens is 3. The first-order chi connectivity index (χ1) is 14.6. The molecule has 2 fully saturated rings. The van der Waals surface area contributed by atoms with Crippen molar-refractivity contribution < 1.29 is 14.3 Å². The summed E-state index contributed by atoms with van der Waals surface area (Å²) in [4.78, 5) is 12.6. The third-order valence-corrected chi connectivity index (χ3v) is 7.24. The van der Waals surface area contributed by atoms with Crippen LogP contribution >= 0.6 is 11.8 Å². The first-order valence-corrected chi connectivity index (χ1v) is 12.0. The summed E-state index contributed by atoms with van der Waals surface area (Å²) < 4.78 is 14.3. The molecule has 2 aromatic rings. The van der Waals surface area contributed by atoms with Gasteiger partial charge < -0.3 is 19.4 Å². The Kier molecular flexibility index (Phi) is 5.35. The van der Waals surface area contributed by atoms with E-state index < -0.39 is 5.79 Å². The molecule has 160 valence electrons. The molecular formula is C22H28N4O3S. The summed E-state index contributed by atoms with van der Waals surface area (Å²) in [5.41, 5.74) is 0.725. The van der Waals surface area contributed by atoms with Crippen LogP contribution in [0.15, 0.2) is 23.4 Å². The fourth-order valence-electron chi connectivity index (χ4n) is 4.82. The van der Waals surface area contributed by atoms with Crippen molar-refractivity contribution in [3.63, 3.8) is 0 Å². The minimum Gasteiger partial charge on any atom is -0.448 e. The second-order valence-corrected chi connectivity index (χ2v) is 9.45. The second kappa shape index (κ2) is 8.13. The number of hydrogen-bond donors (Lipinski definition) is 1. The number of thioether (sulfide) groups is 1. The number of benzene rings is 1. The number of ether oxygens (including phenoxy) is 2. The molecule has 2 heterocycles. The van der Waals surface area contributed by atoms with Gasteiger partial charge in [0.1, 0.15) is 5.82 Å². The highest BCUT2D eigenvalue weighted by molar-refractivity contribution is 7.99. The van der Waals surface area contributed by atoms with E-state index in [2.05, 4.69) is 20.1 Å². The predicted octanol–water partition coefficient (Wildman–Crippen LogP) is 4.86. The molecule has 0 bridgehead atoms. The lowest BCUT2D eigenvalue weighted by Crippen LogP contribution is -2.34. The number of anilines is 1. The maximum atomic E-state index is 12.6. The van der Waals surface area contributed by atoms with Crippen LogP contribution in [0, 0.1) is 6.92 Å². The third-order valence-electron chi connectivity index (χ3n) is 6.29. The van der Waals surface area contributed by atoms with Crippen LogP contribution in [-0.4, -0.2) is 32.2 Å².